The monoisotopic (exact) mass is 340 g/mol. The van der Waals surface area contributed by atoms with Gasteiger partial charge in [-0.1, -0.05) is 43.6 Å². The zero-order valence-electron chi connectivity index (χ0n) is 12.8. The quantitative estimate of drug-likeness (QED) is 0.810. The van der Waals surface area contributed by atoms with E-state index in [0.29, 0.717) is 35.1 Å². The van der Waals surface area contributed by atoms with Gasteiger partial charge in [-0.05, 0) is 18.9 Å². The van der Waals surface area contributed by atoms with Crippen molar-refractivity contribution in [2.24, 2.45) is 10.7 Å². The molecule has 1 aliphatic rings. The highest BCUT2D eigenvalue weighted by molar-refractivity contribution is 7.80. The Morgan fingerprint density at radius 1 is 1.45 bits per heavy atom. The Balaban J connectivity index is 2.64. The topological polar surface area (TPSA) is 64.7 Å². The van der Waals surface area contributed by atoms with Gasteiger partial charge in [0.2, 0.25) is 11.7 Å². The smallest absolute Gasteiger partial charge is 0.205 e. The highest BCUT2D eigenvalue weighted by Gasteiger charge is 2.48. The number of hydrogen-bond donors (Lipinski definition) is 2. The van der Waals surface area contributed by atoms with E-state index in [9.17, 15) is 4.79 Å². The summed E-state index contributed by atoms with van der Waals surface area (Å²) in [6.07, 6.45) is 0.497. The van der Waals surface area contributed by atoms with Gasteiger partial charge in [0.15, 0.2) is 11.6 Å². The van der Waals surface area contributed by atoms with Crippen LogP contribution in [0.15, 0.2) is 29.3 Å². The normalized spacial score (nSPS) is 26.3. The van der Waals surface area contributed by atoms with Crippen LogP contribution in [-0.4, -0.2) is 29.6 Å². The van der Waals surface area contributed by atoms with E-state index in [1.807, 2.05) is 32.0 Å². The number of carbonyl (C=O) groups is 1. The molecule has 1 aromatic carbocycles. The maximum absolute atomic E-state index is 13.0. The number of benzene rings is 1. The Morgan fingerprint density at radius 2 is 2.14 bits per heavy atom. The number of ether oxygens (including phenoxy) is 1. The van der Waals surface area contributed by atoms with Crippen LogP contribution in [0.5, 0.6) is 0 Å². The fourth-order valence-electron chi connectivity index (χ4n) is 2.69. The first kappa shape index (κ1) is 17.3. The molecule has 120 valence electrons. The van der Waals surface area contributed by atoms with Gasteiger partial charge in [0.1, 0.15) is 0 Å². The molecular weight excluding hydrogens is 320 g/mol. The standard InChI is InChI=1S/C16H21ClN2O2S/c1-3-13-14(20)16(4-2,10-7-5-6-8-11(10)17)19-15(21-13)12(18)9-22/h5-8,12-13,22H,3-4,9,18H2,1-2H3/t12-,13?,16?/m0/s1. The maximum atomic E-state index is 13.0. The molecule has 0 bridgehead atoms. The minimum atomic E-state index is -1.03. The third kappa shape index (κ3) is 2.90. The third-order valence-electron chi connectivity index (χ3n) is 3.98. The predicted molar refractivity (Wildman–Crippen MR) is 92.9 cm³/mol. The first-order valence-electron chi connectivity index (χ1n) is 7.42. The number of hydrogen-bond acceptors (Lipinski definition) is 5. The summed E-state index contributed by atoms with van der Waals surface area (Å²) in [5.74, 6) is 0.704. The van der Waals surface area contributed by atoms with E-state index in [1.54, 1.807) is 6.07 Å². The summed E-state index contributed by atoms with van der Waals surface area (Å²) in [4.78, 5) is 17.6. The molecule has 3 atom stereocenters. The largest absolute Gasteiger partial charge is 0.468 e. The first-order valence-corrected chi connectivity index (χ1v) is 8.43. The van der Waals surface area contributed by atoms with Crippen molar-refractivity contribution in [3.8, 4) is 0 Å². The number of nitrogens with zero attached hydrogens (tertiary/aromatic N) is 1. The minimum Gasteiger partial charge on any atom is -0.468 e. The van der Waals surface area contributed by atoms with Crippen LogP contribution in [0.4, 0.5) is 0 Å². The molecule has 0 saturated heterocycles. The Hall–Kier alpha value is -1.04. The van der Waals surface area contributed by atoms with E-state index in [2.05, 4.69) is 17.6 Å². The molecule has 0 aromatic heterocycles. The summed E-state index contributed by atoms with van der Waals surface area (Å²) in [7, 11) is 0. The molecule has 0 fully saturated rings. The summed E-state index contributed by atoms with van der Waals surface area (Å²) >= 11 is 10.5. The van der Waals surface area contributed by atoms with E-state index in [1.165, 1.54) is 0 Å². The fraction of sp³-hybridized carbons (Fsp3) is 0.500. The summed E-state index contributed by atoms with van der Waals surface area (Å²) < 4.78 is 5.70. The number of nitrogens with two attached hydrogens (primary N) is 1. The zero-order valence-corrected chi connectivity index (χ0v) is 14.4. The molecule has 0 saturated carbocycles. The summed E-state index contributed by atoms with van der Waals surface area (Å²) in [5, 5.41) is 0.525. The second kappa shape index (κ2) is 7.02. The van der Waals surface area contributed by atoms with Gasteiger partial charge >= 0.3 is 0 Å². The van der Waals surface area contributed by atoms with Crippen molar-refractivity contribution < 1.29 is 9.53 Å². The van der Waals surface area contributed by atoms with Crippen molar-refractivity contribution in [2.75, 3.05) is 5.75 Å². The number of halogens is 1. The van der Waals surface area contributed by atoms with E-state index < -0.39 is 17.7 Å². The number of carbonyl (C=O) groups excluding carboxylic acids is 1. The van der Waals surface area contributed by atoms with E-state index in [0.717, 1.165) is 0 Å². The molecule has 4 nitrogen and oxygen atoms in total. The second-order valence-electron chi connectivity index (χ2n) is 5.31. The Morgan fingerprint density at radius 3 is 2.68 bits per heavy atom. The summed E-state index contributed by atoms with van der Waals surface area (Å²) in [5.41, 5.74) is 5.69. The predicted octanol–water partition coefficient (Wildman–Crippen LogP) is 2.98. The van der Waals surface area contributed by atoms with Gasteiger partial charge in [0, 0.05) is 16.3 Å². The molecule has 0 amide bonds. The molecule has 0 spiro atoms. The molecule has 1 aromatic rings. The molecule has 2 unspecified atom stereocenters. The van der Waals surface area contributed by atoms with Crippen LogP contribution in [-0.2, 0) is 15.1 Å². The van der Waals surface area contributed by atoms with E-state index in [-0.39, 0.29) is 5.78 Å². The van der Waals surface area contributed by atoms with Crippen molar-refractivity contribution in [3.05, 3.63) is 34.9 Å². The molecule has 2 rings (SSSR count). The van der Waals surface area contributed by atoms with Crippen LogP contribution >= 0.6 is 24.2 Å². The van der Waals surface area contributed by atoms with Crippen LogP contribution in [0.2, 0.25) is 5.02 Å². The number of thiol groups is 1. The second-order valence-corrected chi connectivity index (χ2v) is 6.08. The van der Waals surface area contributed by atoms with Crippen LogP contribution in [0.1, 0.15) is 32.3 Å². The number of Topliss-reactive ketones (excluding diaryl/α,β-unsaturated/α-hetero) is 1. The summed E-state index contributed by atoms with van der Waals surface area (Å²) in [6.45, 7) is 3.83. The molecule has 0 aliphatic carbocycles. The van der Waals surface area contributed by atoms with Crippen molar-refractivity contribution in [2.45, 2.75) is 44.4 Å². The van der Waals surface area contributed by atoms with Gasteiger partial charge < -0.3 is 10.5 Å². The van der Waals surface area contributed by atoms with Gasteiger partial charge in [-0.3, -0.25) is 4.79 Å². The fourth-order valence-corrected chi connectivity index (χ4v) is 3.13. The average molecular weight is 341 g/mol. The van der Waals surface area contributed by atoms with Gasteiger partial charge in [-0.25, -0.2) is 4.99 Å². The third-order valence-corrected chi connectivity index (χ3v) is 4.70. The van der Waals surface area contributed by atoms with Gasteiger partial charge in [-0.15, -0.1) is 0 Å². The molecular formula is C16H21ClN2O2S. The lowest BCUT2D eigenvalue weighted by Crippen LogP contribution is -2.51. The average Bonchev–Trinajstić information content (AvgIpc) is 2.55. The van der Waals surface area contributed by atoms with Gasteiger partial charge in [0.25, 0.3) is 0 Å². The maximum Gasteiger partial charge on any atom is 0.205 e. The molecule has 2 N–H and O–H groups in total. The minimum absolute atomic E-state index is 0.0688. The van der Waals surface area contributed by atoms with Crippen molar-refractivity contribution in [3.63, 3.8) is 0 Å². The Kier molecular flexibility index (Phi) is 5.53. The van der Waals surface area contributed by atoms with Crippen LogP contribution < -0.4 is 5.73 Å². The highest BCUT2D eigenvalue weighted by Crippen LogP contribution is 2.40. The van der Waals surface area contributed by atoms with Crippen molar-refractivity contribution in [1.29, 1.82) is 0 Å². The molecule has 1 aliphatic heterocycles. The molecule has 1 heterocycles. The lowest BCUT2D eigenvalue weighted by atomic mass is 9.80. The SMILES string of the molecule is CCC1OC([C@@H](N)CS)=NC(CC)(c2ccccc2Cl)C1=O. The molecule has 6 heteroatoms. The van der Waals surface area contributed by atoms with Crippen molar-refractivity contribution in [1.82, 2.24) is 0 Å². The van der Waals surface area contributed by atoms with E-state index in [4.69, 9.17) is 22.1 Å². The zero-order chi connectivity index (χ0) is 16.3. The Labute approximate surface area is 141 Å². The van der Waals surface area contributed by atoms with E-state index >= 15 is 0 Å². The van der Waals surface area contributed by atoms with Crippen LogP contribution in [0.3, 0.4) is 0 Å². The molecule has 0 radical (unpaired) electrons. The lowest BCUT2D eigenvalue weighted by molar-refractivity contribution is -0.134. The lowest BCUT2D eigenvalue weighted by Gasteiger charge is -2.38. The summed E-state index contributed by atoms with van der Waals surface area (Å²) in [6, 6.07) is 6.86. The van der Waals surface area contributed by atoms with Crippen molar-refractivity contribution >= 4 is 35.9 Å². The number of aliphatic imine (C=N–C) groups is 1. The highest BCUT2D eigenvalue weighted by atomic mass is 35.5. The van der Waals surface area contributed by atoms with Crippen LogP contribution in [0, 0.1) is 0 Å². The van der Waals surface area contributed by atoms with Gasteiger partial charge in [-0.2, -0.15) is 12.6 Å². The first-order chi connectivity index (χ1) is 10.5. The number of ketones is 1. The Bertz CT molecular complexity index is 593. The molecule has 22 heavy (non-hydrogen) atoms. The number of rotatable bonds is 5. The van der Waals surface area contributed by atoms with Gasteiger partial charge in [0.05, 0.1) is 6.04 Å². The van der Waals surface area contributed by atoms with Crippen LogP contribution in [0.25, 0.3) is 0 Å².